The Hall–Kier alpha value is -1.47. The third-order valence-electron chi connectivity index (χ3n) is 3.73. The fraction of sp³-hybridized carbons (Fsp3) is 0.786. The standard InChI is InChI=1S/C14H24N4O3/c1-2-3-4-12-15-13(21-16-12)11-18-9-7-17(8-10-18)6-5-14(19)20/h2-11H2,1H3,(H,19,20). The average molecular weight is 296 g/mol. The number of hydrogen-bond acceptors (Lipinski definition) is 6. The lowest BCUT2D eigenvalue weighted by Crippen LogP contribution is -2.46. The zero-order valence-electron chi connectivity index (χ0n) is 12.6. The highest BCUT2D eigenvalue weighted by molar-refractivity contribution is 5.66. The van der Waals surface area contributed by atoms with Crippen LogP contribution in [-0.2, 0) is 17.8 Å². The van der Waals surface area contributed by atoms with Crippen LogP contribution in [0.1, 0.15) is 37.9 Å². The predicted molar refractivity (Wildman–Crippen MR) is 76.9 cm³/mol. The Labute approximate surface area is 124 Å². The van der Waals surface area contributed by atoms with Gasteiger partial charge in [-0.2, -0.15) is 4.98 Å². The van der Waals surface area contributed by atoms with Gasteiger partial charge in [0.2, 0.25) is 5.89 Å². The van der Waals surface area contributed by atoms with Gasteiger partial charge >= 0.3 is 5.97 Å². The minimum absolute atomic E-state index is 0.213. The third-order valence-corrected chi connectivity index (χ3v) is 3.73. The minimum atomic E-state index is -0.733. The van der Waals surface area contributed by atoms with E-state index < -0.39 is 5.97 Å². The smallest absolute Gasteiger partial charge is 0.304 e. The van der Waals surface area contributed by atoms with Crippen molar-refractivity contribution in [1.82, 2.24) is 19.9 Å². The second kappa shape index (κ2) is 8.09. The van der Waals surface area contributed by atoms with Crippen molar-refractivity contribution in [1.29, 1.82) is 0 Å². The molecule has 0 bridgehead atoms. The molecule has 0 aliphatic carbocycles. The van der Waals surface area contributed by atoms with Crippen LogP contribution in [0.25, 0.3) is 0 Å². The summed E-state index contributed by atoms with van der Waals surface area (Å²) in [5, 5.41) is 12.7. The summed E-state index contributed by atoms with van der Waals surface area (Å²) in [7, 11) is 0. The number of aliphatic carboxylic acids is 1. The van der Waals surface area contributed by atoms with Crippen molar-refractivity contribution in [2.24, 2.45) is 0 Å². The Morgan fingerprint density at radius 2 is 2.00 bits per heavy atom. The number of carboxylic acid groups (broad SMARTS) is 1. The number of hydrogen-bond donors (Lipinski definition) is 1. The van der Waals surface area contributed by atoms with E-state index in [4.69, 9.17) is 9.63 Å². The molecule has 1 aromatic heterocycles. The molecule has 1 fully saturated rings. The topological polar surface area (TPSA) is 82.7 Å². The molecule has 1 aliphatic rings. The first-order valence-electron chi connectivity index (χ1n) is 7.65. The van der Waals surface area contributed by atoms with E-state index >= 15 is 0 Å². The van der Waals surface area contributed by atoms with Gasteiger partial charge in [0.1, 0.15) is 0 Å². The molecule has 1 aliphatic heterocycles. The summed E-state index contributed by atoms with van der Waals surface area (Å²) in [5.74, 6) is 0.745. The lowest BCUT2D eigenvalue weighted by molar-refractivity contribution is -0.137. The van der Waals surface area contributed by atoms with Crippen molar-refractivity contribution in [3.63, 3.8) is 0 Å². The summed E-state index contributed by atoms with van der Waals surface area (Å²) < 4.78 is 5.28. The van der Waals surface area contributed by atoms with E-state index in [1.807, 2.05) is 0 Å². The van der Waals surface area contributed by atoms with Crippen molar-refractivity contribution in [2.45, 2.75) is 39.2 Å². The van der Waals surface area contributed by atoms with E-state index in [9.17, 15) is 4.79 Å². The van der Waals surface area contributed by atoms with Crippen molar-refractivity contribution >= 4 is 5.97 Å². The Morgan fingerprint density at radius 1 is 1.29 bits per heavy atom. The minimum Gasteiger partial charge on any atom is -0.481 e. The van der Waals surface area contributed by atoms with Crippen LogP contribution < -0.4 is 0 Å². The molecule has 7 nitrogen and oxygen atoms in total. The maximum absolute atomic E-state index is 10.6. The lowest BCUT2D eigenvalue weighted by atomic mass is 10.2. The highest BCUT2D eigenvalue weighted by Crippen LogP contribution is 2.08. The molecular weight excluding hydrogens is 272 g/mol. The first kappa shape index (κ1) is 15.9. The monoisotopic (exact) mass is 296 g/mol. The van der Waals surface area contributed by atoms with Crippen LogP contribution in [0.2, 0.25) is 0 Å². The Balaban J connectivity index is 1.70. The van der Waals surface area contributed by atoms with Crippen molar-refractivity contribution < 1.29 is 14.4 Å². The maximum atomic E-state index is 10.6. The average Bonchev–Trinajstić information content (AvgIpc) is 2.92. The van der Waals surface area contributed by atoms with Crippen LogP contribution in [0, 0.1) is 0 Å². The zero-order valence-corrected chi connectivity index (χ0v) is 12.6. The van der Waals surface area contributed by atoms with E-state index in [0.717, 1.165) is 51.3 Å². The number of unbranched alkanes of at least 4 members (excludes halogenated alkanes) is 1. The molecule has 0 spiro atoms. The molecule has 0 atom stereocenters. The summed E-state index contributed by atoms with van der Waals surface area (Å²) in [6.45, 7) is 7.06. The molecule has 7 heteroatoms. The van der Waals surface area contributed by atoms with Crippen molar-refractivity contribution in [3.8, 4) is 0 Å². The molecule has 0 saturated carbocycles. The highest BCUT2D eigenvalue weighted by atomic mass is 16.5. The van der Waals surface area contributed by atoms with E-state index in [0.29, 0.717) is 19.0 Å². The summed E-state index contributed by atoms with van der Waals surface area (Å²) in [5.41, 5.74) is 0. The van der Waals surface area contributed by atoms with Gasteiger partial charge in [0, 0.05) is 39.1 Å². The summed E-state index contributed by atoms with van der Waals surface area (Å²) in [6, 6.07) is 0. The summed E-state index contributed by atoms with van der Waals surface area (Å²) in [4.78, 5) is 19.4. The quantitative estimate of drug-likeness (QED) is 0.766. The van der Waals surface area contributed by atoms with Gasteiger partial charge in [-0.15, -0.1) is 0 Å². The summed E-state index contributed by atoms with van der Waals surface area (Å²) in [6.07, 6.45) is 3.30. The molecule has 0 radical (unpaired) electrons. The molecule has 0 amide bonds. The third kappa shape index (κ3) is 5.43. The largest absolute Gasteiger partial charge is 0.481 e. The number of carbonyl (C=O) groups is 1. The highest BCUT2D eigenvalue weighted by Gasteiger charge is 2.19. The Kier molecular flexibility index (Phi) is 6.13. The Bertz CT molecular complexity index is 441. The molecule has 2 heterocycles. The first-order chi connectivity index (χ1) is 10.2. The fourth-order valence-electron chi connectivity index (χ4n) is 2.41. The number of nitrogens with zero attached hydrogens (tertiary/aromatic N) is 4. The lowest BCUT2D eigenvalue weighted by Gasteiger charge is -2.33. The van der Waals surface area contributed by atoms with E-state index in [2.05, 4.69) is 26.9 Å². The van der Waals surface area contributed by atoms with Gasteiger partial charge < -0.3 is 14.5 Å². The molecular formula is C14H24N4O3. The second-order valence-corrected chi connectivity index (χ2v) is 5.47. The second-order valence-electron chi connectivity index (χ2n) is 5.47. The van der Waals surface area contributed by atoms with E-state index in [-0.39, 0.29) is 6.42 Å². The van der Waals surface area contributed by atoms with Gasteiger partial charge in [-0.3, -0.25) is 9.69 Å². The maximum Gasteiger partial charge on any atom is 0.304 e. The molecule has 1 N–H and O–H groups in total. The molecule has 118 valence electrons. The Morgan fingerprint density at radius 3 is 2.67 bits per heavy atom. The number of aromatic nitrogens is 2. The molecule has 2 rings (SSSR count). The van der Waals surface area contributed by atoms with Crippen LogP contribution in [0.15, 0.2) is 4.52 Å². The normalized spacial score (nSPS) is 17.2. The molecule has 1 aromatic rings. The van der Waals surface area contributed by atoms with E-state index in [1.165, 1.54) is 0 Å². The molecule has 21 heavy (non-hydrogen) atoms. The fourth-order valence-corrected chi connectivity index (χ4v) is 2.41. The van der Waals surface area contributed by atoms with Crippen molar-refractivity contribution in [2.75, 3.05) is 32.7 Å². The van der Waals surface area contributed by atoms with Gasteiger partial charge in [0.05, 0.1) is 13.0 Å². The number of carboxylic acids is 1. The number of aryl methyl sites for hydroxylation is 1. The van der Waals surface area contributed by atoms with Crippen LogP contribution >= 0.6 is 0 Å². The molecule has 1 saturated heterocycles. The van der Waals surface area contributed by atoms with Gasteiger partial charge in [-0.25, -0.2) is 0 Å². The SMILES string of the molecule is CCCCc1noc(CN2CCN(CCC(=O)O)CC2)n1. The van der Waals surface area contributed by atoms with Gasteiger partial charge in [-0.1, -0.05) is 18.5 Å². The predicted octanol–water partition coefficient (Wildman–Crippen LogP) is 1.00. The molecule has 0 unspecified atom stereocenters. The molecule has 0 aromatic carbocycles. The van der Waals surface area contributed by atoms with Crippen LogP contribution in [0.4, 0.5) is 0 Å². The first-order valence-corrected chi connectivity index (χ1v) is 7.65. The van der Waals surface area contributed by atoms with Crippen LogP contribution in [-0.4, -0.2) is 63.7 Å². The van der Waals surface area contributed by atoms with E-state index in [1.54, 1.807) is 0 Å². The van der Waals surface area contributed by atoms with Gasteiger partial charge in [-0.05, 0) is 6.42 Å². The number of rotatable bonds is 8. The van der Waals surface area contributed by atoms with Gasteiger partial charge in [0.15, 0.2) is 5.82 Å². The zero-order chi connectivity index (χ0) is 15.1. The number of piperazine rings is 1. The van der Waals surface area contributed by atoms with Crippen LogP contribution in [0.5, 0.6) is 0 Å². The van der Waals surface area contributed by atoms with Crippen molar-refractivity contribution in [3.05, 3.63) is 11.7 Å². The summed E-state index contributed by atoms with van der Waals surface area (Å²) >= 11 is 0. The van der Waals surface area contributed by atoms with Gasteiger partial charge in [0.25, 0.3) is 0 Å². The van der Waals surface area contributed by atoms with Crippen LogP contribution in [0.3, 0.4) is 0 Å².